The molecule has 0 amide bonds. The van der Waals surface area contributed by atoms with E-state index in [-0.39, 0.29) is 0 Å². The molecule has 20 heavy (non-hydrogen) atoms. The zero-order valence-electron chi connectivity index (χ0n) is 13.1. The van der Waals surface area contributed by atoms with E-state index in [0.29, 0.717) is 17.8 Å². The molecular formula is C15H27N3O2. The first-order valence-corrected chi connectivity index (χ1v) is 7.68. The van der Waals surface area contributed by atoms with Crippen molar-refractivity contribution in [3.63, 3.8) is 0 Å². The van der Waals surface area contributed by atoms with Gasteiger partial charge in [0.15, 0.2) is 0 Å². The van der Waals surface area contributed by atoms with Gasteiger partial charge >= 0.3 is 0 Å². The molecule has 0 aromatic carbocycles. The standard InChI is InChI=1S/C15H27N3O2/c1-5-15(2,19-4)14-17-13(20-18-14)10-12(16-3)11-8-6-7-9-11/h11-12,16H,5-10H2,1-4H3. The second kappa shape index (κ2) is 6.68. The third kappa shape index (κ3) is 3.20. The Kier molecular flexibility index (Phi) is 5.16. The van der Waals surface area contributed by atoms with Crippen molar-refractivity contribution in [3.05, 3.63) is 11.7 Å². The highest BCUT2D eigenvalue weighted by Gasteiger charge is 2.31. The fourth-order valence-electron chi connectivity index (χ4n) is 3.00. The number of methoxy groups -OCH3 is 1. The largest absolute Gasteiger partial charge is 0.370 e. The number of nitrogens with zero attached hydrogens (tertiary/aromatic N) is 2. The predicted octanol–water partition coefficient (Wildman–Crippen LogP) is 2.66. The summed E-state index contributed by atoms with van der Waals surface area (Å²) in [6.07, 6.45) is 6.91. The van der Waals surface area contributed by atoms with E-state index in [1.165, 1.54) is 25.7 Å². The summed E-state index contributed by atoms with van der Waals surface area (Å²) >= 11 is 0. The predicted molar refractivity (Wildman–Crippen MR) is 77.5 cm³/mol. The molecule has 0 radical (unpaired) electrons. The van der Waals surface area contributed by atoms with Crippen molar-refractivity contribution in [1.29, 1.82) is 0 Å². The Balaban J connectivity index is 2.04. The molecule has 0 bridgehead atoms. The van der Waals surface area contributed by atoms with E-state index in [4.69, 9.17) is 9.26 Å². The number of nitrogens with one attached hydrogen (secondary N) is 1. The van der Waals surface area contributed by atoms with Gasteiger partial charge in [0.25, 0.3) is 0 Å². The van der Waals surface area contributed by atoms with Crippen LogP contribution in [0.15, 0.2) is 4.52 Å². The first-order chi connectivity index (χ1) is 9.62. The van der Waals surface area contributed by atoms with Crippen LogP contribution in [0.2, 0.25) is 0 Å². The Morgan fingerprint density at radius 1 is 1.45 bits per heavy atom. The molecular weight excluding hydrogens is 254 g/mol. The fourth-order valence-corrected chi connectivity index (χ4v) is 3.00. The number of ether oxygens (including phenoxy) is 1. The van der Waals surface area contributed by atoms with Gasteiger partial charge in [0.1, 0.15) is 5.60 Å². The lowest BCUT2D eigenvalue weighted by atomic mass is 9.95. The van der Waals surface area contributed by atoms with Gasteiger partial charge in [-0.1, -0.05) is 24.9 Å². The second-order valence-corrected chi connectivity index (χ2v) is 5.94. The van der Waals surface area contributed by atoms with E-state index < -0.39 is 5.60 Å². The van der Waals surface area contributed by atoms with Gasteiger partial charge in [-0.25, -0.2) is 0 Å². The monoisotopic (exact) mass is 281 g/mol. The summed E-state index contributed by atoms with van der Waals surface area (Å²) in [7, 11) is 3.71. The molecule has 0 spiro atoms. The van der Waals surface area contributed by atoms with Gasteiger partial charge in [-0.2, -0.15) is 4.98 Å². The van der Waals surface area contributed by atoms with Crippen molar-refractivity contribution in [2.75, 3.05) is 14.2 Å². The normalized spacial score (nSPS) is 21.0. The quantitative estimate of drug-likeness (QED) is 0.832. The van der Waals surface area contributed by atoms with Crippen molar-refractivity contribution in [3.8, 4) is 0 Å². The SMILES string of the molecule is CCC(C)(OC)c1noc(CC(NC)C2CCCC2)n1. The molecule has 5 heteroatoms. The van der Waals surface area contributed by atoms with Gasteiger partial charge in [-0.05, 0) is 39.2 Å². The van der Waals surface area contributed by atoms with E-state index in [9.17, 15) is 0 Å². The minimum Gasteiger partial charge on any atom is -0.370 e. The van der Waals surface area contributed by atoms with Gasteiger partial charge in [-0.3, -0.25) is 0 Å². The van der Waals surface area contributed by atoms with Gasteiger partial charge in [0, 0.05) is 19.6 Å². The van der Waals surface area contributed by atoms with E-state index in [1.54, 1.807) is 7.11 Å². The van der Waals surface area contributed by atoms with Crippen molar-refractivity contribution >= 4 is 0 Å². The Morgan fingerprint density at radius 3 is 2.70 bits per heavy atom. The molecule has 1 heterocycles. The second-order valence-electron chi connectivity index (χ2n) is 5.94. The molecule has 1 saturated carbocycles. The maximum absolute atomic E-state index is 5.52. The molecule has 1 fully saturated rings. The molecule has 1 aliphatic rings. The maximum Gasteiger partial charge on any atom is 0.228 e. The van der Waals surface area contributed by atoms with Crippen LogP contribution in [-0.2, 0) is 16.8 Å². The molecule has 0 aliphatic heterocycles. The van der Waals surface area contributed by atoms with Crippen molar-refractivity contribution < 1.29 is 9.26 Å². The summed E-state index contributed by atoms with van der Waals surface area (Å²) in [6.45, 7) is 4.06. The highest BCUT2D eigenvalue weighted by Crippen LogP contribution is 2.30. The zero-order valence-corrected chi connectivity index (χ0v) is 13.1. The molecule has 5 nitrogen and oxygen atoms in total. The number of aromatic nitrogens is 2. The molecule has 2 rings (SSSR count). The number of hydrogen-bond acceptors (Lipinski definition) is 5. The average molecular weight is 281 g/mol. The zero-order chi connectivity index (χ0) is 14.6. The molecule has 2 unspecified atom stereocenters. The van der Waals surface area contributed by atoms with Gasteiger partial charge in [-0.15, -0.1) is 0 Å². The van der Waals surface area contributed by atoms with Gasteiger partial charge < -0.3 is 14.6 Å². The van der Waals surface area contributed by atoms with Crippen LogP contribution in [0.25, 0.3) is 0 Å². The Hall–Kier alpha value is -0.940. The minimum atomic E-state index is -0.454. The average Bonchev–Trinajstić information content (AvgIpc) is 3.15. The lowest BCUT2D eigenvalue weighted by Gasteiger charge is -2.22. The summed E-state index contributed by atoms with van der Waals surface area (Å²) in [6, 6.07) is 0.432. The third-order valence-electron chi connectivity index (χ3n) is 4.80. The van der Waals surface area contributed by atoms with E-state index in [0.717, 1.165) is 18.8 Å². The topological polar surface area (TPSA) is 60.2 Å². The fraction of sp³-hybridized carbons (Fsp3) is 0.867. The summed E-state index contributed by atoms with van der Waals surface area (Å²) in [5.41, 5.74) is -0.454. The summed E-state index contributed by atoms with van der Waals surface area (Å²) in [5, 5.41) is 7.51. The molecule has 1 N–H and O–H groups in total. The van der Waals surface area contributed by atoms with Crippen LogP contribution < -0.4 is 5.32 Å². The first kappa shape index (κ1) is 15.4. The molecule has 2 atom stereocenters. The lowest BCUT2D eigenvalue weighted by molar-refractivity contribution is -0.0106. The van der Waals surface area contributed by atoms with Crippen molar-refractivity contribution in [2.24, 2.45) is 5.92 Å². The van der Waals surface area contributed by atoms with Crippen LogP contribution in [0.1, 0.15) is 57.7 Å². The van der Waals surface area contributed by atoms with Crippen LogP contribution in [-0.4, -0.2) is 30.3 Å². The summed E-state index contributed by atoms with van der Waals surface area (Å²) < 4.78 is 10.9. The Labute approximate surface area is 121 Å². The highest BCUT2D eigenvalue weighted by atomic mass is 16.5. The minimum absolute atomic E-state index is 0.432. The molecule has 114 valence electrons. The van der Waals surface area contributed by atoms with Crippen LogP contribution in [0.3, 0.4) is 0 Å². The smallest absolute Gasteiger partial charge is 0.228 e. The van der Waals surface area contributed by atoms with Crippen LogP contribution >= 0.6 is 0 Å². The van der Waals surface area contributed by atoms with Gasteiger partial charge in [0.05, 0.1) is 0 Å². The Bertz CT molecular complexity index is 409. The Morgan fingerprint density at radius 2 is 2.15 bits per heavy atom. The van der Waals surface area contributed by atoms with E-state index in [2.05, 4.69) is 22.4 Å². The van der Waals surface area contributed by atoms with Crippen LogP contribution in [0.4, 0.5) is 0 Å². The third-order valence-corrected chi connectivity index (χ3v) is 4.80. The summed E-state index contributed by atoms with van der Waals surface area (Å²) in [4.78, 5) is 4.54. The first-order valence-electron chi connectivity index (χ1n) is 7.68. The van der Waals surface area contributed by atoms with Crippen molar-refractivity contribution in [1.82, 2.24) is 15.5 Å². The van der Waals surface area contributed by atoms with E-state index in [1.807, 2.05) is 14.0 Å². The lowest BCUT2D eigenvalue weighted by Crippen LogP contribution is -2.34. The van der Waals surface area contributed by atoms with Crippen molar-refractivity contribution in [2.45, 2.75) is 64.0 Å². The highest BCUT2D eigenvalue weighted by molar-refractivity contribution is 5.00. The molecule has 1 aliphatic carbocycles. The molecule has 1 aromatic heterocycles. The number of likely N-dealkylation sites (N-methyl/N-ethyl adjacent to an activating group) is 1. The maximum atomic E-state index is 5.52. The molecule has 0 saturated heterocycles. The molecule has 1 aromatic rings. The summed E-state index contributed by atoms with van der Waals surface area (Å²) in [5.74, 6) is 2.09. The number of rotatable bonds is 7. The van der Waals surface area contributed by atoms with Crippen LogP contribution in [0, 0.1) is 5.92 Å². The number of hydrogen-bond donors (Lipinski definition) is 1. The van der Waals surface area contributed by atoms with Gasteiger partial charge in [0.2, 0.25) is 11.7 Å². The van der Waals surface area contributed by atoms with E-state index >= 15 is 0 Å². The van der Waals surface area contributed by atoms with Crippen LogP contribution in [0.5, 0.6) is 0 Å².